The number of hydrogen-bond donors (Lipinski definition) is 1. The summed E-state index contributed by atoms with van der Waals surface area (Å²) >= 11 is 0. The summed E-state index contributed by atoms with van der Waals surface area (Å²) in [5.74, 6) is 1.51. The van der Waals surface area contributed by atoms with Gasteiger partial charge < -0.3 is 5.11 Å². The predicted octanol–water partition coefficient (Wildman–Crippen LogP) is 1.37. The van der Waals surface area contributed by atoms with Gasteiger partial charge in [-0.05, 0) is 31.6 Å². The quantitative estimate of drug-likeness (QED) is 0.642. The maximum Gasteiger partial charge on any atom is 0.139 e. The maximum absolute atomic E-state index is 11.6. The zero-order valence-electron chi connectivity index (χ0n) is 7.33. The molecule has 0 heterocycles. The Balaban J connectivity index is 2.07. The molecule has 2 nitrogen and oxygen atoms in total. The smallest absolute Gasteiger partial charge is 0.139 e. The molecule has 0 spiro atoms. The Morgan fingerprint density at radius 3 is 2.33 bits per heavy atom. The van der Waals surface area contributed by atoms with Crippen LogP contribution >= 0.6 is 0 Å². The minimum absolute atomic E-state index is 0.278. The largest absolute Gasteiger partial charge is 0.396 e. The van der Waals surface area contributed by atoms with E-state index in [2.05, 4.69) is 0 Å². The van der Waals surface area contributed by atoms with Crippen molar-refractivity contribution in [2.45, 2.75) is 32.1 Å². The zero-order valence-corrected chi connectivity index (χ0v) is 7.33. The second-order valence-corrected chi connectivity index (χ2v) is 4.25. The molecule has 12 heavy (non-hydrogen) atoms. The van der Waals surface area contributed by atoms with E-state index in [0.717, 1.165) is 25.7 Å². The number of aliphatic hydroxyl groups is 1. The van der Waals surface area contributed by atoms with Gasteiger partial charge in [-0.25, -0.2) is 0 Å². The number of fused-ring (bicyclic) bond motifs is 2. The summed E-state index contributed by atoms with van der Waals surface area (Å²) in [6.07, 6.45) is 5.27. The van der Waals surface area contributed by atoms with Crippen molar-refractivity contribution in [1.82, 2.24) is 0 Å². The molecule has 0 aliphatic heterocycles. The first-order valence-corrected chi connectivity index (χ1v) is 4.96. The van der Waals surface area contributed by atoms with Gasteiger partial charge in [-0.15, -0.1) is 0 Å². The summed E-state index contributed by atoms with van der Waals surface area (Å²) in [4.78, 5) is 11.6. The van der Waals surface area contributed by atoms with E-state index in [1.807, 2.05) is 0 Å². The average Bonchev–Trinajstić information content (AvgIpc) is 2.04. The minimum atomic E-state index is 0.278. The molecule has 0 radical (unpaired) electrons. The molecule has 2 aliphatic carbocycles. The number of ketones is 1. The molecule has 1 unspecified atom stereocenters. The number of Topliss-reactive ketones (excluding diaryl/α,β-unsaturated/α-hetero) is 1. The molecule has 68 valence electrons. The Bertz CT molecular complexity index is 172. The molecule has 2 rings (SSSR count). The van der Waals surface area contributed by atoms with Crippen molar-refractivity contribution in [2.75, 3.05) is 6.61 Å². The van der Waals surface area contributed by atoms with Crippen LogP contribution in [0.2, 0.25) is 0 Å². The van der Waals surface area contributed by atoms with Crippen molar-refractivity contribution < 1.29 is 9.90 Å². The summed E-state index contributed by atoms with van der Waals surface area (Å²) in [7, 11) is 0. The van der Waals surface area contributed by atoms with Crippen molar-refractivity contribution >= 4 is 5.78 Å². The molecule has 2 fully saturated rings. The first-order valence-electron chi connectivity index (χ1n) is 4.96. The molecule has 0 aromatic rings. The highest BCUT2D eigenvalue weighted by atomic mass is 16.3. The van der Waals surface area contributed by atoms with Gasteiger partial charge in [-0.2, -0.15) is 0 Å². The van der Waals surface area contributed by atoms with E-state index in [4.69, 9.17) is 5.11 Å². The van der Waals surface area contributed by atoms with E-state index < -0.39 is 0 Å². The number of aliphatic hydroxyl groups excluding tert-OH is 1. The van der Waals surface area contributed by atoms with Gasteiger partial charge in [0, 0.05) is 18.4 Å². The SMILES string of the molecule is O=C1[C@@H]2CCC[C@H]1CC(CO)C2. The predicted molar refractivity (Wildman–Crippen MR) is 45.6 cm³/mol. The van der Waals surface area contributed by atoms with Crippen molar-refractivity contribution in [3.63, 3.8) is 0 Å². The lowest BCUT2D eigenvalue weighted by atomic mass is 9.67. The molecule has 0 aromatic heterocycles. The highest BCUT2D eigenvalue weighted by Crippen LogP contribution is 2.39. The van der Waals surface area contributed by atoms with Crippen LogP contribution in [-0.4, -0.2) is 17.5 Å². The second-order valence-electron chi connectivity index (χ2n) is 4.25. The van der Waals surface area contributed by atoms with Crippen LogP contribution in [0.4, 0.5) is 0 Å². The standard InChI is InChI=1S/C10H16O2/c11-6-7-4-8-2-1-3-9(5-7)10(8)12/h7-9,11H,1-6H2/t7?,8-,9+. The van der Waals surface area contributed by atoms with Crippen molar-refractivity contribution in [1.29, 1.82) is 0 Å². The number of carbonyl (C=O) groups excluding carboxylic acids is 1. The highest BCUT2D eigenvalue weighted by molar-refractivity contribution is 5.84. The van der Waals surface area contributed by atoms with Gasteiger partial charge in [0.2, 0.25) is 0 Å². The van der Waals surface area contributed by atoms with Crippen LogP contribution in [0.5, 0.6) is 0 Å². The summed E-state index contributed by atoms with van der Waals surface area (Å²) in [6, 6.07) is 0. The summed E-state index contributed by atoms with van der Waals surface area (Å²) < 4.78 is 0. The van der Waals surface area contributed by atoms with Crippen molar-refractivity contribution in [2.24, 2.45) is 17.8 Å². The van der Waals surface area contributed by atoms with Crippen LogP contribution in [0.25, 0.3) is 0 Å². The van der Waals surface area contributed by atoms with Crippen LogP contribution in [0.3, 0.4) is 0 Å². The third kappa shape index (κ3) is 1.28. The van der Waals surface area contributed by atoms with Crippen LogP contribution in [-0.2, 0) is 4.79 Å². The molecule has 2 saturated carbocycles. The van der Waals surface area contributed by atoms with Gasteiger partial charge in [-0.1, -0.05) is 6.42 Å². The van der Waals surface area contributed by atoms with E-state index in [9.17, 15) is 4.79 Å². The zero-order chi connectivity index (χ0) is 8.55. The summed E-state index contributed by atoms with van der Waals surface area (Å²) in [5.41, 5.74) is 0. The van der Waals surface area contributed by atoms with Gasteiger partial charge in [0.25, 0.3) is 0 Å². The number of rotatable bonds is 1. The lowest BCUT2D eigenvalue weighted by Crippen LogP contribution is -2.37. The van der Waals surface area contributed by atoms with Gasteiger partial charge in [0.05, 0.1) is 0 Å². The first kappa shape index (κ1) is 8.24. The average molecular weight is 168 g/mol. The van der Waals surface area contributed by atoms with Gasteiger partial charge >= 0.3 is 0 Å². The Morgan fingerprint density at radius 2 is 1.83 bits per heavy atom. The second kappa shape index (κ2) is 3.17. The Hall–Kier alpha value is -0.370. The minimum Gasteiger partial charge on any atom is -0.396 e. The number of carbonyl (C=O) groups is 1. The lowest BCUT2D eigenvalue weighted by Gasteiger charge is -2.36. The number of hydrogen-bond acceptors (Lipinski definition) is 2. The van der Waals surface area contributed by atoms with Crippen molar-refractivity contribution in [3.8, 4) is 0 Å². The van der Waals surface area contributed by atoms with Crippen LogP contribution < -0.4 is 0 Å². The Kier molecular flexibility index (Phi) is 2.18. The molecule has 0 aromatic carbocycles. The van der Waals surface area contributed by atoms with Crippen LogP contribution in [0, 0.1) is 17.8 Å². The monoisotopic (exact) mass is 168 g/mol. The molecule has 2 heteroatoms. The molecular weight excluding hydrogens is 152 g/mol. The highest BCUT2D eigenvalue weighted by Gasteiger charge is 2.38. The molecule has 1 N–H and O–H groups in total. The third-order valence-corrected chi connectivity index (χ3v) is 3.40. The topological polar surface area (TPSA) is 37.3 Å². The van der Waals surface area contributed by atoms with E-state index in [1.54, 1.807) is 0 Å². The summed E-state index contributed by atoms with van der Waals surface area (Å²) in [5, 5.41) is 9.02. The molecule has 0 amide bonds. The molecule has 2 bridgehead atoms. The Labute approximate surface area is 73.0 Å². The van der Waals surface area contributed by atoms with Gasteiger partial charge in [-0.3, -0.25) is 4.79 Å². The van der Waals surface area contributed by atoms with Crippen LogP contribution in [0.15, 0.2) is 0 Å². The van der Waals surface area contributed by atoms with E-state index >= 15 is 0 Å². The fourth-order valence-electron chi connectivity index (χ4n) is 2.75. The first-order chi connectivity index (χ1) is 5.81. The summed E-state index contributed by atoms with van der Waals surface area (Å²) in [6.45, 7) is 0.278. The van der Waals surface area contributed by atoms with Gasteiger partial charge in [0.1, 0.15) is 5.78 Å². The fraction of sp³-hybridized carbons (Fsp3) is 0.900. The lowest BCUT2D eigenvalue weighted by molar-refractivity contribution is -0.133. The third-order valence-electron chi connectivity index (χ3n) is 3.40. The van der Waals surface area contributed by atoms with E-state index in [1.165, 1.54) is 6.42 Å². The molecule has 3 atom stereocenters. The van der Waals surface area contributed by atoms with Crippen LogP contribution in [0.1, 0.15) is 32.1 Å². The van der Waals surface area contributed by atoms with Crippen molar-refractivity contribution in [3.05, 3.63) is 0 Å². The fourth-order valence-corrected chi connectivity index (χ4v) is 2.75. The maximum atomic E-state index is 11.6. The van der Waals surface area contributed by atoms with Gasteiger partial charge in [0.15, 0.2) is 0 Å². The normalized spacial score (nSPS) is 41.4. The molecule has 2 aliphatic rings. The van der Waals surface area contributed by atoms with E-state index in [-0.39, 0.29) is 6.61 Å². The molecule has 0 saturated heterocycles. The Morgan fingerprint density at radius 1 is 1.25 bits per heavy atom. The molecular formula is C10H16O2. The van der Waals surface area contributed by atoms with E-state index in [0.29, 0.717) is 23.5 Å².